The summed E-state index contributed by atoms with van der Waals surface area (Å²) in [5, 5.41) is 0. The van der Waals surface area contributed by atoms with Gasteiger partial charge in [0.25, 0.3) is 0 Å². The van der Waals surface area contributed by atoms with Crippen LogP contribution in [-0.4, -0.2) is 0 Å². The molecule has 0 amide bonds. The van der Waals surface area contributed by atoms with Crippen molar-refractivity contribution in [2.75, 3.05) is 0 Å². The largest absolute Gasteiger partial charge is 0.0619 e. The maximum Gasteiger partial charge on any atom is -0.0129 e. The van der Waals surface area contributed by atoms with Crippen molar-refractivity contribution in [1.29, 1.82) is 0 Å². The van der Waals surface area contributed by atoms with Gasteiger partial charge in [-0.3, -0.25) is 0 Å². The minimum atomic E-state index is 0.178. The molecule has 0 saturated heterocycles. The van der Waals surface area contributed by atoms with Crippen molar-refractivity contribution in [3.8, 4) is 11.1 Å². The average Bonchev–Trinajstić information content (AvgIpc) is 2.40. The molecule has 0 atom stereocenters. The normalized spacial score (nSPS) is 12.0. The molecule has 0 aliphatic heterocycles. The molecule has 0 aliphatic carbocycles. The van der Waals surface area contributed by atoms with Crippen molar-refractivity contribution >= 4 is 0 Å². The highest BCUT2D eigenvalue weighted by atomic mass is 14.2. The van der Waals surface area contributed by atoms with Crippen LogP contribution in [-0.2, 0) is 5.41 Å². The smallest absolute Gasteiger partial charge is 0.0129 e. The van der Waals surface area contributed by atoms with Gasteiger partial charge in [-0.25, -0.2) is 0 Å². The summed E-state index contributed by atoms with van der Waals surface area (Å²) in [5.41, 5.74) is 8.60. The Kier molecular flexibility index (Phi) is 4.27. The molecular formula is C21H28. The summed E-state index contributed by atoms with van der Waals surface area (Å²) < 4.78 is 0. The van der Waals surface area contributed by atoms with E-state index in [-0.39, 0.29) is 5.41 Å². The van der Waals surface area contributed by atoms with Gasteiger partial charge in [0, 0.05) is 0 Å². The van der Waals surface area contributed by atoms with Crippen LogP contribution in [0.25, 0.3) is 11.1 Å². The molecule has 0 bridgehead atoms. The second-order valence-electron chi connectivity index (χ2n) is 7.46. The molecule has 2 aromatic rings. The standard InChI is InChI=1S/C21H28/c1-14(2)18-10-8-9-11-19(18)17-12-15(3)16(4)20(13-17)21(5,6)7/h8-14H,1-7H3. The molecular weight excluding hydrogens is 252 g/mol. The molecule has 0 N–H and O–H groups in total. The fourth-order valence-corrected chi connectivity index (χ4v) is 3.06. The maximum absolute atomic E-state index is 2.39. The van der Waals surface area contributed by atoms with Gasteiger partial charge in [0.05, 0.1) is 0 Å². The zero-order valence-corrected chi connectivity index (χ0v) is 14.5. The van der Waals surface area contributed by atoms with E-state index in [0.717, 1.165) is 0 Å². The quantitative estimate of drug-likeness (QED) is 0.597. The van der Waals surface area contributed by atoms with Gasteiger partial charge < -0.3 is 0 Å². The van der Waals surface area contributed by atoms with E-state index in [1.807, 2.05) is 0 Å². The molecule has 2 aromatic carbocycles. The van der Waals surface area contributed by atoms with Crippen molar-refractivity contribution in [1.82, 2.24) is 0 Å². The fraction of sp³-hybridized carbons (Fsp3) is 0.429. The fourth-order valence-electron chi connectivity index (χ4n) is 3.06. The van der Waals surface area contributed by atoms with Crippen molar-refractivity contribution < 1.29 is 0 Å². The van der Waals surface area contributed by atoms with Crippen molar-refractivity contribution in [2.24, 2.45) is 0 Å². The Hall–Kier alpha value is -1.56. The zero-order chi connectivity index (χ0) is 15.8. The van der Waals surface area contributed by atoms with Crippen LogP contribution >= 0.6 is 0 Å². The van der Waals surface area contributed by atoms with Gasteiger partial charge in [0.2, 0.25) is 0 Å². The highest BCUT2D eigenvalue weighted by Crippen LogP contribution is 2.35. The molecule has 0 heterocycles. The summed E-state index contributed by atoms with van der Waals surface area (Å²) in [6.07, 6.45) is 0. The molecule has 0 fully saturated rings. The van der Waals surface area contributed by atoms with Gasteiger partial charge in [-0.05, 0) is 58.6 Å². The van der Waals surface area contributed by atoms with Crippen molar-refractivity contribution in [3.63, 3.8) is 0 Å². The topological polar surface area (TPSA) is 0 Å². The first-order valence-electron chi connectivity index (χ1n) is 7.93. The molecule has 21 heavy (non-hydrogen) atoms. The molecule has 0 unspecified atom stereocenters. The third-order valence-electron chi connectivity index (χ3n) is 4.37. The average molecular weight is 280 g/mol. The Morgan fingerprint density at radius 3 is 2.10 bits per heavy atom. The Morgan fingerprint density at radius 2 is 1.52 bits per heavy atom. The van der Waals surface area contributed by atoms with E-state index in [9.17, 15) is 0 Å². The highest BCUT2D eigenvalue weighted by molar-refractivity contribution is 5.70. The van der Waals surface area contributed by atoms with Crippen molar-refractivity contribution in [3.05, 3.63) is 58.7 Å². The van der Waals surface area contributed by atoms with Crippen LogP contribution in [0.4, 0.5) is 0 Å². The van der Waals surface area contributed by atoms with Crippen LogP contribution in [0.15, 0.2) is 36.4 Å². The van der Waals surface area contributed by atoms with Crippen LogP contribution in [0.5, 0.6) is 0 Å². The minimum absolute atomic E-state index is 0.178. The third kappa shape index (κ3) is 3.20. The van der Waals surface area contributed by atoms with Gasteiger partial charge in [-0.1, -0.05) is 71.0 Å². The van der Waals surface area contributed by atoms with E-state index in [0.29, 0.717) is 5.92 Å². The van der Waals surface area contributed by atoms with Gasteiger partial charge in [0.1, 0.15) is 0 Å². The van der Waals surface area contributed by atoms with Crippen LogP contribution in [0.2, 0.25) is 0 Å². The molecule has 0 heteroatoms. The van der Waals surface area contributed by atoms with Crippen LogP contribution in [0.1, 0.15) is 62.8 Å². The lowest BCUT2D eigenvalue weighted by atomic mass is 9.80. The van der Waals surface area contributed by atoms with Gasteiger partial charge in [0.15, 0.2) is 0 Å². The minimum Gasteiger partial charge on any atom is -0.0619 e. The van der Waals surface area contributed by atoms with Crippen LogP contribution in [0, 0.1) is 13.8 Å². The lowest BCUT2D eigenvalue weighted by Gasteiger charge is -2.25. The van der Waals surface area contributed by atoms with E-state index in [4.69, 9.17) is 0 Å². The predicted molar refractivity (Wildman–Crippen MR) is 94.1 cm³/mol. The SMILES string of the molecule is Cc1cc(-c2ccccc2C(C)C)cc(C(C)(C)C)c1C. The monoisotopic (exact) mass is 280 g/mol. The van der Waals surface area contributed by atoms with Gasteiger partial charge in [-0.15, -0.1) is 0 Å². The Bertz CT molecular complexity index is 640. The molecule has 0 aliphatic rings. The molecule has 0 spiro atoms. The molecule has 0 saturated carbocycles. The van der Waals surface area contributed by atoms with Crippen LogP contribution in [0.3, 0.4) is 0 Å². The molecule has 0 aromatic heterocycles. The summed E-state index contributed by atoms with van der Waals surface area (Å²) in [5.74, 6) is 0.542. The van der Waals surface area contributed by atoms with Gasteiger partial charge >= 0.3 is 0 Å². The molecule has 2 rings (SSSR count). The van der Waals surface area contributed by atoms with E-state index < -0.39 is 0 Å². The summed E-state index contributed by atoms with van der Waals surface area (Å²) in [4.78, 5) is 0. The molecule has 0 radical (unpaired) electrons. The van der Waals surface area contributed by atoms with E-state index in [1.54, 1.807) is 0 Å². The lowest BCUT2D eigenvalue weighted by Crippen LogP contribution is -2.14. The Labute approximate surface area is 130 Å². The molecule has 112 valence electrons. The summed E-state index contributed by atoms with van der Waals surface area (Å²) in [7, 11) is 0. The second kappa shape index (κ2) is 5.67. The highest BCUT2D eigenvalue weighted by Gasteiger charge is 2.19. The Morgan fingerprint density at radius 1 is 0.905 bits per heavy atom. The van der Waals surface area contributed by atoms with Gasteiger partial charge in [-0.2, -0.15) is 0 Å². The first-order valence-corrected chi connectivity index (χ1v) is 7.93. The predicted octanol–water partition coefficient (Wildman–Crippen LogP) is 6.39. The number of benzene rings is 2. The number of hydrogen-bond donors (Lipinski definition) is 0. The summed E-state index contributed by atoms with van der Waals surface area (Å²) >= 11 is 0. The summed E-state index contributed by atoms with van der Waals surface area (Å²) in [6.45, 7) is 15.9. The first-order chi connectivity index (χ1) is 9.71. The lowest BCUT2D eigenvalue weighted by molar-refractivity contribution is 0.585. The summed E-state index contributed by atoms with van der Waals surface area (Å²) in [6, 6.07) is 13.5. The van der Waals surface area contributed by atoms with E-state index in [2.05, 4.69) is 84.9 Å². The van der Waals surface area contributed by atoms with E-state index in [1.165, 1.54) is 33.4 Å². The third-order valence-corrected chi connectivity index (χ3v) is 4.37. The van der Waals surface area contributed by atoms with E-state index >= 15 is 0 Å². The zero-order valence-electron chi connectivity index (χ0n) is 14.5. The number of rotatable bonds is 2. The first kappa shape index (κ1) is 15.8. The maximum atomic E-state index is 2.39. The number of aryl methyl sites for hydroxylation is 1. The number of hydrogen-bond acceptors (Lipinski definition) is 0. The van der Waals surface area contributed by atoms with Crippen molar-refractivity contribution in [2.45, 2.75) is 59.8 Å². The second-order valence-corrected chi connectivity index (χ2v) is 7.46. The van der Waals surface area contributed by atoms with Crippen LogP contribution < -0.4 is 0 Å². The Balaban J connectivity index is 2.69. The molecule has 0 nitrogen and oxygen atoms in total.